The van der Waals surface area contributed by atoms with Crippen molar-refractivity contribution in [1.29, 1.82) is 0 Å². The van der Waals surface area contributed by atoms with Crippen LogP contribution in [0.4, 0.5) is 0 Å². The van der Waals surface area contributed by atoms with Gasteiger partial charge in [-0.25, -0.2) is 4.79 Å². The maximum atomic E-state index is 12.1. The molecular formula is C17H15ClN2O3. The maximum Gasteiger partial charge on any atom is 0.420 e. The van der Waals surface area contributed by atoms with Crippen LogP contribution in [0.5, 0.6) is 0 Å². The molecule has 1 amide bonds. The Balaban J connectivity index is 1.71. The van der Waals surface area contributed by atoms with Gasteiger partial charge in [-0.15, -0.1) is 0 Å². The predicted octanol–water partition coefficient (Wildman–Crippen LogP) is 2.87. The standard InChI is InChI=1S/C17H15ClN2O3/c1-11-2-4-12(5-3-11)9-19-16(21)10-20-14-7-6-13(18)8-15(14)23-17(20)22/h2-8H,9-10H2,1H3,(H,19,21). The Labute approximate surface area is 137 Å². The molecule has 0 aliphatic rings. The molecule has 5 nitrogen and oxygen atoms in total. The second-order valence-electron chi connectivity index (χ2n) is 5.33. The fourth-order valence-corrected chi connectivity index (χ4v) is 2.46. The van der Waals surface area contributed by atoms with Crippen molar-refractivity contribution in [1.82, 2.24) is 9.88 Å². The summed E-state index contributed by atoms with van der Waals surface area (Å²) in [5, 5.41) is 3.27. The SMILES string of the molecule is Cc1ccc(CNC(=O)Cn2c(=O)oc3cc(Cl)ccc32)cc1. The first kappa shape index (κ1) is 15.4. The average Bonchev–Trinajstić information content (AvgIpc) is 2.82. The smallest absolute Gasteiger partial charge is 0.408 e. The summed E-state index contributed by atoms with van der Waals surface area (Å²) in [6.07, 6.45) is 0. The first-order valence-electron chi connectivity index (χ1n) is 7.14. The van der Waals surface area contributed by atoms with E-state index in [2.05, 4.69) is 5.32 Å². The zero-order chi connectivity index (χ0) is 16.4. The summed E-state index contributed by atoms with van der Waals surface area (Å²) in [7, 11) is 0. The van der Waals surface area contributed by atoms with Gasteiger partial charge >= 0.3 is 5.76 Å². The summed E-state index contributed by atoms with van der Waals surface area (Å²) in [4.78, 5) is 23.9. The third-order valence-corrected chi connectivity index (χ3v) is 3.78. The number of oxazole rings is 1. The van der Waals surface area contributed by atoms with Crippen LogP contribution in [0.15, 0.2) is 51.7 Å². The number of hydrogen-bond acceptors (Lipinski definition) is 3. The van der Waals surface area contributed by atoms with E-state index in [0.29, 0.717) is 22.7 Å². The van der Waals surface area contributed by atoms with Crippen LogP contribution in [0.2, 0.25) is 5.02 Å². The summed E-state index contributed by atoms with van der Waals surface area (Å²) in [5.41, 5.74) is 3.08. The molecule has 6 heteroatoms. The fourth-order valence-electron chi connectivity index (χ4n) is 2.30. The second-order valence-corrected chi connectivity index (χ2v) is 5.76. The highest BCUT2D eigenvalue weighted by Gasteiger charge is 2.12. The molecule has 3 rings (SSSR count). The molecule has 1 aromatic heterocycles. The highest BCUT2D eigenvalue weighted by molar-refractivity contribution is 6.31. The number of amides is 1. The number of carbonyl (C=O) groups excluding carboxylic acids is 1. The van der Waals surface area contributed by atoms with Gasteiger partial charge in [-0.2, -0.15) is 0 Å². The van der Waals surface area contributed by atoms with Gasteiger partial charge in [0.2, 0.25) is 5.91 Å². The normalized spacial score (nSPS) is 10.9. The summed E-state index contributed by atoms with van der Waals surface area (Å²) in [6, 6.07) is 12.8. The fraction of sp³-hybridized carbons (Fsp3) is 0.176. The van der Waals surface area contributed by atoms with Gasteiger partial charge in [-0.05, 0) is 24.6 Å². The summed E-state index contributed by atoms with van der Waals surface area (Å²) < 4.78 is 6.39. The number of benzene rings is 2. The molecule has 1 heterocycles. The molecule has 23 heavy (non-hydrogen) atoms. The summed E-state index contributed by atoms with van der Waals surface area (Å²) in [5.74, 6) is -0.835. The predicted molar refractivity (Wildman–Crippen MR) is 88.5 cm³/mol. The molecule has 2 aromatic carbocycles. The van der Waals surface area contributed by atoms with Crippen molar-refractivity contribution in [2.75, 3.05) is 0 Å². The Morgan fingerprint density at radius 2 is 1.96 bits per heavy atom. The first-order valence-corrected chi connectivity index (χ1v) is 7.52. The Hall–Kier alpha value is -2.53. The van der Waals surface area contributed by atoms with E-state index < -0.39 is 5.76 Å². The lowest BCUT2D eigenvalue weighted by molar-refractivity contribution is -0.121. The van der Waals surface area contributed by atoms with Gasteiger partial charge in [0.05, 0.1) is 5.52 Å². The van der Waals surface area contributed by atoms with Crippen LogP contribution >= 0.6 is 11.6 Å². The number of fused-ring (bicyclic) bond motifs is 1. The van der Waals surface area contributed by atoms with Crippen LogP contribution in [0, 0.1) is 6.92 Å². The number of halogens is 1. The highest BCUT2D eigenvalue weighted by Crippen LogP contribution is 2.18. The molecule has 3 aromatic rings. The van der Waals surface area contributed by atoms with Crippen LogP contribution in [0.3, 0.4) is 0 Å². The number of aryl methyl sites for hydroxylation is 1. The van der Waals surface area contributed by atoms with Crippen molar-refractivity contribution in [2.45, 2.75) is 20.0 Å². The van der Waals surface area contributed by atoms with Crippen molar-refractivity contribution in [3.05, 3.63) is 69.2 Å². The molecule has 1 N–H and O–H groups in total. The number of nitrogens with zero attached hydrogens (tertiary/aromatic N) is 1. The summed E-state index contributed by atoms with van der Waals surface area (Å²) in [6.45, 7) is 2.32. The van der Waals surface area contributed by atoms with Crippen LogP contribution < -0.4 is 11.1 Å². The van der Waals surface area contributed by atoms with Crippen molar-refractivity contribution in [3.8, 4) is 0 Å². The highest BCUT2D eigenvalue weighted by atomic mass is 35.5. The first-order chi connectivity index (χ1) is 11.0. The molecule has 0 aliphatic heterocycles. The van der Waals surface area contributed by atoms with Gasteiger partial charge in [-0.1, -0.05) is 41.4 Å². The van der Waals surface area contributed by atoms with E-state index in [1.807, 2.05) is 31.2 Å². The lowest BCUT2D eigenvalue weighted by Gasteiger charge is -2.06. The van der Waals surface area contributed by atoms with Gasteiger partial charge in [0.15, 0.2) is 5.58 Å². The number of aromatic nitrogens is 1. The van der Waals surface area contributed by atoms with Crippen molar-refractivity contribution in [2.24, 2.45) is 0 Å². The number of rotatable bonds is 4. The Kier molecular flexibility index (Phi) is 4.21. The van der Waals surface area contributed by atoms with E-state index in [9.17, 15) is 9.59 Å². The summed E-state index contributed by atoms with van der Waals surface area (Å²) >= 11 is 5.86. The van der Waals surface area contributed by atoms with E-state index in [4.69, 9.17) is 16.0 Å². The zero-order valence-corrected chi connectivity index (χ0v) is 13.3. The molecule has 0 atom stereocenters. The van der Waals surface area contributed by atoms with Crippen LogP contribution in [0.25, 0.3) is 11.1 Å². The Morgan fingerprint density at radius 3 is 2.70 bits per heavy atom. The molecule has 0 saturated heterocycles. The van der Waals surface area contributed by atoms with E-state index in [-0.39, 0.29) is 12.5 Å². The van der Waals surface area contributed by atoms with E-state index in [1.165, 1.54) is 4.57 Å². The Bertz CT molecular complexity index is 910. The second kappa shape index (κ2) is 6.30. The van der Waals surface area contributed by atoms with Gasteiger partial charge < -0.3 is 9.73 Å². The van der Waals surface area contributed by atoms with Crippen LogP contribution in [0.1, 0.15) is 11.1 Å². The van der Waals surface area contributed by atoms with Crippen molar-refractivity contribution in [3.63, 3.8) is 0 Å². The monoisotopic (exact) mass is 330 g/mol. The number of hydrogen-bond donors (Lipinski definition) is 1. The van der Waals surface area contributed by atoms with Gasteiger partial charge in [0.25, 0.3) is 0 Å². The van der Waals surface area contributed by atoms with Crippen LogP contribution in [-0.2, 0) is 17.9 Å². The minimum absolute atomic E-state index is 0.0979. The van der Waals surface area contributed by atoms with Crippen LogP contribution in [-0.4, -0.2) is 10.5 Å². The van der Waals surface area contributed by atoms with Gasteiger partial charge in [0.1, 0.15) is 6.54 Å². The molecule has 118 valence electrons. The topological polar surface area (TPSA) is 64.2 Å². The molecule has 0 bridgehead atoms. The van der Waals surface area contributed by atoms with E-state index in [1.54, 1.807) is 18.2 Å². The maximum absolute atomic E-state index is 12.1. The molecule has 0 fully saturated rings. The van der Waals surface area contributed by atoms with E-state index >= 15 is 0 Å². The van der Waals surface area contributed by atoms with Gasteiger partial charge in [0, 0.05) is 17.6 Å². The Morgan fingerprint density at radius 1 is 1.22 bits per heavy atom. The van der Waals surface area contributed by atoms with Crippen molar-refractivity contribution >= 4 is 28.6 Å². The van der Waals surface area contributed by atoms with Crippen molar-refractivity contribution < 1.29 is 9.21 Å². The molecule has 0 spiro atoms. The average molecular weight is 331 g/mol. The van der Waals surface area contributed by atoms with E-state index in [0.717, 1.165) is 11.1 Å². The largest absolute Gasteiger partial charge is 0.420 e. The quantitative estimate of drug-likeness (QED) is 0.800. The number of nitrogens with one attached hydrogen (secondary N) is 1. The molecular weight excluding hydrogens is 316 g/mol. The zero-order valence-electron chi connectivity index (χ0n) is 12.5. The third-order valence-electron chi connectivity index (χ3n) is 3.54. The minimum atomic E-state index is -0.576. The molecule has 0 unspecified atom stereocenters. The molecule has 0 radical (unpaired) electrons. The third kappa shape index (κ3) is 3.46. The molecule has 0 saturated carbocycles. The lowest BCUT2D eigenvalue weighted by atomic mass is 10.1. The number of carbonyl (C=O) groups is 1. The minimum Gasteiger partial charge on any atom is -0.408 e. The van der Waals surface area contributed by atoms with Gasteiger partial charge in [-0.3, -0.25) is 9.36 Å². The molecule has 0 aliphatic carbocycles. The lowest BCUT2D eigenvalue weighted by Crippen LogP contribution is -2.30.